The van der Waals surface area contributed by atoms with E-state index in [1.165, 1.54) is 24.3 Å². The molecule has 0 atom stereocenters. The number of carbonyl (C=O) groups is 1. The van der Waals surface area contributed by atoms with Gasteiger partial charge in [0.25, 0.3) is 5.91 Å². The normalized spacial score (nSPS) is 11.2. The number of alkyl halides is 3. The number of hydrogen-bond acceptors (Lipinski definition) is 4. The number of carbonyl (C=O) groups excluding carboxylic acids is 1. The summed E-state index contributed by atoms with van der Waals surface area (Å²) in [4.78, 5) is 18.5. The molecule has 0 saturated heterocycles. The lowest BCUT2D eigenvalue weighted by molar-refractivity contribution is -0.274. The van der Waals surface area contributed by atoms with Crippen LogP contribution in [-0.4, -0.2) is 22.2 Å². The maximum atomic E-state index is 12.3. The van der Waals surface area contributed by atoms with Crippen molar-refractivity contribution in [3.05, 3.63) is 42.4 Å². The summed E-state index contributed by atoms with van der Waals surface area (Å²) < 4.78 is 40.9. The Balaban J connectivity index is 2.47. The summed E-state index contributed by atoms with van der Waals surface area (Å²) in [5, 5.41) is 0. The molecule has 0 aliphatic rings. The number of hydrogen-bond donors (Lipinski definition) is 1. The molecule has 2 N–H and O–H groups in total. The highest BCUT2D eigenvalue weighted by molar-refractivity contribution is 5.91. The van der Waals surface area contributed by atoms with Crippen molar-refractivity contribution in [2.75, 3.05) is 0 Å². The molecule has 104 valence electrons. The average molecular weight is 283 g/mol. The first-order chi connectivity index (χ1) is 9.37. The molecule has 0 saturated carbocycles. The van der Waals surface area contributed by atoms with Gasteiger partial charge in [-0.05, 0) is 18.2 Å². The fourth-order valence-corrected chi connectivity index (χ4v) is 1.53. The molecule has 0 aliphatic heterocycles. The number of amides is 1. The van der Waals surface area contributed by atoms with E-state index in [2.05, 4.69) is 14.7 Å². The summed E-state index contributed by atoms with van der Waals surface area (Å²) >= 11 is 0. The van der Waals surface area contributed by atoms with Crippen LogP contribution in [0.3, 0.4) is 0 Å². The van der Waals surface area contributed by atoms with Gasteiger partial charge in [0.2, 0.25) is 0 Å². The van der Waals surface area contributed by atoms with Crippen molar-refractivity contribution in [3.63, 3.8) is 0 Å². The molecule has 0 radical (unpaired) electrons. The van der Waals surface area contributed by atoms with E-state index < -0.39 is 18.0 Å². The highest BCUT2D eigenvalue weighted by atomic mass is 19.4. The second-order valence-electron chi connectivity index (χ2n) is 3.70. The number of halogens is 3. The Labute approximate surface area is 111 Å². The van der Waals surface area contributed by atoms with E-state index in [-0.39, 0.29) is 17.0 Å². The number of primary amides is 1. The molecule has 2 rings (SSSR count). The number of nitrogens with zero attached hydrogens (tertiary/aromatic N) is 2. The molecular weight excluding hydrogens is 275 g/mol. The molecule has 0 spiro atoms. The van der Waals surface area contributed by atoms with Crippen LogP contribution in [-0.2, 0) is 0 Å². The highest BCUT2D eigenvalue weighted by Crippen LogP contribution is 2.32. The maximum absolute atomic E-state index is 12.3. The predicted molar refractivity (Wildman–Crippen MR) is 62.7 cm³/mol. The van der Waals surface area contributed by atoms with Gasteiger partial charge < -0.3 is 10.5 Å². The fraction of sp³-hybridized carbons (Fsp3) is 0.0833. The van der Waals surface area contributed by atoms with Crippen LogP contribution < -0.4 is 10.5 Å². The minimum atomic E-state index is -4.82. The van der Waals surface area contributed by atoms with E-state index in [1.807, 2.05) is 0 Å². The second kappa shape index (κ2) is 5.16. The van der Waals surface area contributed by atoms with Crippen molar-refractivity contribution in [2.24, 2.45) is 5.73 Å². The van der Waals surface area contributed by atoms with Crippen LogP contribution in [0.15, 0.2) is 36.7 Å². The zero-order chi connectivity index (χ0) is 14.8. The number of nitrogens with two attached hydrogens (primary N) is 1. The van der Waals surface area contributed by atoms with Crippen molar-refractivity contribution in [1.29, 1.82) is 0 Å². The van der Waals surface area contributed by atoms with Crippen LogP contribution >= 0.6 is 0 Å². The quantitative estimate of drug-likeness (QED) is 0.936. The van der Waals surface area contributed by atoms with Crippen molar-refractivity contribution in [3.8, 4) is 17.0 Å². The molecule has 20 heavy (non-hydrogen) atoms. The molecule has 1 aromatic heterocycles. The van der Waals surface area contributed by atoms with Crippen LogP contribution in [0.2, 0.25) is 0 Å². The van der Waals surface area contributed by atoms with Crippen molar-refractivity contribution >= 4 is 5.91 Å². The molecule has 1 aromatic carbocycles. The lowest BCUT2D eigenvalue weighted by Gasteiger charge is -2.12. The minimum Gasteiger partial charge on any atom is -0.405 e. The van der Waals surface area contributed by atoms with Gasteiger partial charge in [-0.25, -0.2) is 9.97 Å². The minimum absolute atomic E-state index is 0.0784. The van der Waals surface area contributed by atoms with Crippen molar-refractivity contribution in [2.45, 2.75) is 6.36 Å². The molecule has 5 nitrogen and oxygen atoms in total. The Kier molecular flexibility index (Phi) is 3.55. The zero-order valence-corrected chi connectivity index (χ0v) is 9.89. The third-order valence-electron chi connectivity index (χ3n) is 2.31. The molecule has 0 fully saturated rings. The molecule has 1 heterocycles. The number of ether oxygens (including phenoxy) is 1. The fourth-order valence-electron chi connectivity index (χ4n) is 1.53. The van der Waals surface area contributed by atoms with E-state index in [9.17, 15) is 18.0 Å². The molecule has 1 amide bonds. The Morgan fingerprint density at radius 1 is 1.20 bits per heavy atom. The first-order valence-electron chi connectivity index (χ1n) is 5.34. The summed E-state index contributed by atoms with van der Waals surface area (Å²) in [6.07, 6.45) is -3.78. The monoisotopic (exact) mass is 283 g/mol. The zero-order valence-electron chi connectivity index (χ0n) is 9.89. The summed E-state index contributed by atoms with van der Waals surface area (Å²) in [6.45, 7) is 0. The van der Waals surface area contributed by atoms with Crippen LogP contribution in [0.25, 0.3) is 11.3 Å². The number of para-hydroxylation sites is 1. The molecule has 8 heteroatoms. The lowest BCUT2D eigenvalue weighted by Crippen LogP contribution is -2.18. The van der Waals surface area contributed by atoms with Gasteiger partial charge in [0, 0.05) is 5.56 Å². The first-order valence-corrected chi connectivity index (χ1v) is 5.34. The Hall–Kier alpha value is -2.64. The Morgan fingerprint density at radius 2 is 1.90 bits per heavy atom. The SMILES string of the molecule is NC(=O)c1cc(-c2ccccc2OC(F)(F)F)ncn1. The van der Waals surface area contributed by atoms with Crippen LogP contribution in [0.1, 0.15) is 10.5 Å². The van der Waals surface area contributed by atoms with Gasteiger partial charge in [-0.2, -0.15) is 0 Å². The van der Waals surface area contributed by atoms with E-state index in [4.69, 9.17) is 5.73 Å². The third-order valence-corrected chi connectivity index (χ3v) is 2.31. The number of benzene rings is 1. The van der Waals surface area contributed by atoms with Gasteiger partial charge >= 0.3 is 6.36 Å². The molecule has 0 unspecified atom stereocenters. The van der Waals surface area contributed by atoms with Crippen molar-refractivity contribution < 1.29 is 22.7 Å². The standard InChI is InChI=1S/C12H8F3N3O2/c13-12(14,15)20-10-4-2-1-3-7(10)8-5-9(11(16)19)18-6-17-8/h1-6H,(H2,16,19). The van der Waals surface area contributed by atoms with Crippen LogP contribution in [0, 0.1) is 0 Å². The third kappa shape index (κ3) is 3.22. The Bertz CT molecular complexity index is 644. The Morgan fingerprint density at radius 3 is 2.55 bits per heavy atom. The van der Waals surface area contributed by atoms with Crippen molar-refractivity contribution in [1.82, 2.24) is 9.97 Å². The van der Waals surface area contributed by atoms with Gasteiger partial charge in [-0.15, -0.1) is 13.2 Å². The van der Waals surface area contributed by atoms with Gasteiger partial charge in [-0.3, -0.25) is 4.79 Å². The second-order valence-corrected chi connectivity index (χ2v) is 3.70. The number of aromatic nitrogens is 2. The van der Waals surface area contributed by atoms with Gasteiger partial charge in [0.15, 0.2) is 0 Å². The topological polar surface area (TPSA) is 78.1 Å². The highest BCUT2D eigenvalue weighted by Gasteiger charge is 2.32. The van der Waals surface area contributed by atoms with Gasteiger partial charge in [-0.1, -0.05) is 12.1 Å². The molecule has 2 aromatic rings. The largest absolute Gasteiger partial charge is 0.573 e. The maximum Gasteiger partial charge on any atom is 0.573 e. The van der Waals surface area contributed by atoms with E-state index >= 15 is 0 Å². The summed E-state index contributed by atoms with van der Waals surface area (Å²) in [6, 6.07) is 6.63. The lowest BCUT2D eigenvalue weighted by atomic mass is 10.1. The molecule has 0 aliphatic carbocycles. The van der Waals surface area contributed by atoms with Crippen LogP contribution in [0.4, 0.5) is 13.2 Å². The predicted octanol–water partition coefficient (Wildman–Crippen LogP) is 2.14. The average Bonchev–Trinajstić information content (AvgIpc) is 2.37. The van der Waals surface area contributed by atoms with E-state index in [0.29, 0.717) is 0 Å². The van der Waals surface area contributed by atoms with E-state index in [1.54, 1.807) is 0 Å². The van der Waals surface area contributed by atoms with Crippen LogP contribution in [0.5, 0.6) is 5.75 Å². The molecule has 0 bridgehead atoms. The summed E-state index contributed by atoms with van der Waals surface area (Å²) in [7, 11) is 0. The number of rotatable bonds is 3. The smallest absolute Gasteiger partial charge is 0.405 e. The first kappa shape index (κ1) is 13.8. The van der Waals surface area contributed by atoms with Gasteiger partial charge in [0.1, 0.15) is 17.8 Å². The summed E-state index contributed by atoms with van der Waals surface area (Å²) in [5.41, 5.74) is 5.14. The van der Waals surface area contributed by atoms with Gasteiger partial charge in [0.05, 0.1) is 5.69 Å². The van der Waals surface area contributed by atoms with E-state index in [0.717, 1.165) is 12.4 Å². The molecular formula is C12H8F3N3O2. The summed E-state index contributed by atoms with van der Waals surface area (Å²) in [5.74, 6) is -1.23.